The summed E-state index contributed by atoms with van der Waals surface area (Å²) < 4.78 is 13.3. The van der Waals surface area contributed by atoms with E-state index >= 15 is 0 Å². The SMILES string of the molecule is O=C(c1ccccc1)[C@@H]1[C@@H]2C(=O)N(c3ccc(F)cc3)C(=O)[C@@H]2C2CCCN21. The number of Topliss-reactive ketones (excluding diaryl/α,β-unsaturated/α-hetero) is 1. The summed E-state index contributed by atoms with van der Waals surface area (Å²) in [7, 11) is 0. The van der Waals surface area contributed by atoms with E-state index in [1.165, 1.54) is 24.3 Å². The lowest BCUT2D eigenvalue weighted by atomic mass is 9.85. The molecule has 6 heteroatoms. The van der Waals surface area contributed by atoms with Gasteiger partial charge in [0.2, 0.25) is 11.8 Å². The molecule has 28 heavy (non-hydrogen) atoms. The first-order valence-electron chi connectivity index (χ1n) is 9.56. The molecule has 0 spiro atoms. The molecule has 3 aliphatic heterocycles. The van der Waals surface area contributed by atoms with Gasteiger partial charge in [-0.25, -0.2) is 9.29 Å². The van der Waals surface area contributed by atoms with Gasteiger partial charge in [0.1, 0.15) is 5.82 Å². The topological polar surface area (TPSA) is 57.7 Å². The fourth-order valence-corrected chi connectivity index (χ4v) is 5.13. The third-order valence-electron chi connectivity index (χ3n) is 6.26. The maximum atomic E-state index is 13.3. The third-order valence-corrected chi connectivity index (χ3v) is 6.26. The fourth-order valence-electron chi connectivity index (χ4n) is 5.13. The van der Waals surface area contributed by atoms with Crippen LogP contribution >= 0.6 is 0 Å². The summed E-state index contributed by atoms with van der Waals surface area (Å²) in [6.45, 7) is 0.720. The van der Waals surface area contributed by atoms with Crippen molar-refractivity contribution in [3.8, 4) is 0 Å². The van der Waals surface area contributed by atoms with Crippen molar-refractivity contribution in [1.29, 1.82) is 0 Å². The van der Waals surface area contributed by atoms with Crippen LogP contribution in [0.1, 0.15) is 23.2 Å². The highest BCUT2D eigenvalue weighted by atomic mass is 19.1. The number of anilines is 1. The van der Waals surface area contributed by atoms with Crippen LogP contribution in [0.2, 0.25) is 0 Å². The first kappa shape index (κ1) is 17.3. The molecule has 3 heterocycles. The monoisotopic (exact) mass is 378 g/mol. The molecule has 3 fully saturated rings. The van der Waals surface area contributed by atoms with E-state index in [-0.39, 0.29) is 23.6 Å². The Bertz CT molecular complexity index is 960. The van der Waals surface area contributed by atoms with Crippen molar-refractivity contribution >= 4 is 23.3 Å². The van der Waals surface area contributed by atoms with Gasteiger partial charge in [-0.15, -0.1) is 0 Å². The largest absolute Gasteiger partial charge is 0.292 e. The van der Waals surface area contributed by atoms with Crippen LogP contribution in [0.3, 0.4) is 0 Å². The molecule has 2 aromatic rings. The Morgan fingerprint density at radius 1 is 0.929 bits per heavy atom. The number of nitrogens with zero attached hydrogens (tertiary/aromatic N) is 2. The van der Waals surface area contributed by atoms with E-state index in [4.69, 9.17) is 0 Å². The zero-order valence-corrected chi connectivity index (χ0v) is 15.1. The lowest BCUT2D eigenvalue weighted by Gasteiger charge is -2.27. The Balaban J connectivity index is 1.55. The molecule has 5 nitrogen and oxygen atoms in total. The number of carbonyl (C=O) groups excluding carboxylic acids is 3. The Morgan fingerprint density at radius 2 is 1.61 bits per heavy atom. The number of benzene rings is 2. The van der Waals surface area contributed by atoms with E-state index in [9.17, 15) is 18.8 Å². The van der Waals surface area contributed by atoms with E-state index in [0.717, 1.165) is 24.3 Å². The van der Waals surface area contributed by atoms with Crippen molar-refractivity contribution in [2.75, 3.05) is 11.4 Å². The summed E-state index contributed by atoms with van der Waals surface area (Å²) in [5.41, 5.74) is 0.917. The van der Waals surface area contributed by atoms with Crippen LogP contribution in [0.15, 0.2) is 54.6 Å². The van der Waals surface area contributed by atoms with E-state index in [0.29, 0.717) is 11.3 Å². The fraction of sp³-hybridized carbons (Fsp3) is 0.318. The summed E-state index contributed by atoms with van der Waals surface area (Å²) in [5, 5.41) is 0. The minimum atomic E-state index is -0.685. The van der Waals surface area contributed by atoms with Gasteiger partial charge in [-0.3, -0.25) is 19.3 Å². The number of ketones is 1. The first-order valence-corrected chi connectivity index (χ1v) is 9.56. The predicted octanol–water partition coefficient (Wildman–Crippen LogP) is 2.66. The maximum absolute atomic E-state index is 13.3. The molecule has 4 atom stereocenters. The van der Waals surface area contributed by atoms with Gasteiger partial charge in [0.15, 0.2) is 5.78 Å². The number of carbonyl (C=O) groups is 3. The molecule has 5 rings (SSSR count). The van der Waals surface area contributed by atoms with Crippen LogP contribution in [0, 0.1) is 17.7 Å². The summed E-state index contributed by atoms with van der Waals surface area (Å²) in [5.74, 6) is -2.37. The summed E-state index contributed by atoms with van der Waals surface area (Å²) >= 11 is 0. The molecule has 2 aromatic carbocycles. The number of rotatable bonds is 3. The van der Waals surface area contributed by atoms with Gasteiger partial charge >= 0.3 is 0 Å². The highest BCUT2D eigenvalue weighted by Crippen LogP contribution is 2.48. The average molecular weight is 378 g/mol. The molecule has 2 amide bonds. The highest BCUT2D eigenvalue weighted by molar-refractivity contribution is 6.24. The lowest BCUT2D eigenvalue weighted by Crippen LogP contribution is -2.46. The maximum Gasteiger partial charge on any atom is 0.239 e. The molecule has 3 aliphatic rings. The standard InChI is InChI=1S/C22H19FN2O3/c23-14-8-10-15(11-9-14)25-21(27)17-16-7-4-12-24(16)19(18(17)22(25)28)20(26)13-5-2-1-3-6-13/h1-3,5-6,8-11,16-19H,4,7,12H2/t16?,17-,18-,19+/m1/s1. The van der Waals surface area contributed by atoms with Gasteiger partial charge in [0.25, 0.3) is 0 Å². The van der Waals surface area contributed by atoms with Gasteiger partial charge in [-0.2, -0.15) is 0 Å². The Labute approximate surface area is 161 Å². The summed E-state index contributed by atoms with van der Waals surface area (Å²) in [6.07, 6.45) is 1.71. The van der Waals surface area contributed by atoms with Gasteiger partial charge in [0, 0.05) is 11.6 Å². The number of hydrogen-bond donors (Lipinski definition) is 0. The van der Waals surface area contributed by atoms with Crippen molar-refractivity contribution < 1.29 is 18.8 Å². The second kappa shape index (κ2) is 6.34. The van der Waals surface area contributed by atoms with Gasteiger partial charge < -0.3 is 0 Å². The zero-order valence-electron chi connectivity index (χ0n) is 15.1. The highest BCUT2D eigenvalue weighted by Gasteiger charge is 2.64. The molecular weight excluding hydrogens is 359 g/mol. The first-order chi connectivity index (χ1) is 13.6. The molecule has 0 saturated carbocycles. The average Bonchev–Trinajstić information content (AvgIpc) is 3.35. The second-order valence-electron chi connectivity index (χ2n) is 7.66. The van der Waals surface area contributed by atoms with Crippen molar-refractivity contribution in [3.05, 3.63) is 66.0 Å². The minimum Gasteiger partial charge on any atom is -0.292 e. The lowest BCUT2D eigenvalue weighted by molar-refractivity contribution is -0.123. The van der Waals surface area contributed by atoms with Crippen molar-refractivity contribution in [1.82, 2.24) is 4.90 Å². The van der Waals surface area contributed by atoms with Crippen molar-refractivity contribution in [3.63, 3.8) is 0 Å². The molecule has 0 N–H and O–H groups in total. The quantitative estimate of drug-likeness (QED) is 0.609. The molecule has 1 unspecified atom stereocenters. The van der Waals surface area contributed by atoms with Crippen LogP contribution in [0.4, 0.5) is 10.1 Å². The number of amides is 2. The van der Waals surface area contributed by atoms with Crippen LogP contribution in [0.5, 0.6) is 0 Å². The Morgan fingerprint density at radius 3 is 2.32 bits per heavy atom. The molecule has 0 bridgehead atoms. The van der Waals surface area contributed by atoms with E-state index < -0.39 is 23.7 Å². The van der Waals surface area contributed by atoms with Gasteiger partial charge in [0.05, 0.1) is 23.6 Å². The van der Waals surface area contributed by atoms with Crippen LogP contribution in [-0.2, 0) is 9.59 Å². The van der Waals surface area contributed by atoms with Gasteiger partial charge in [-0.1, -0.05) is 30.3 Å². The van der Waals surface area contributed by atoms with E-state index in [2.05, 4.69) is 4.90 Å². The minimum absolute atomic E-state index is 0.0930. The molecular formula is C22H19FN2O3. The molecule has 0 radical (unpaired) electrons. The molecule has 142 valence electrons. The molecule has 3 saturated heterocycles. The number of halogens is 1. The second-order valence-corrected chi connectivity index (χ2v) is 7.66. The Kier molecular flexibility index (Phi) is 3.91. The van der Waals surface area contributed by atoms with Crippen molar-refractivity contribution in [2.45, 2.75) is 24.9 Å². The summed E-state index contributed by atoms with van der Waals surface area (Å²) in [6, 6.07) is 13.6. The van der Waals surface area contributed by atoms with Crippen LogP contribution < -0.4 is 4.90 Å². The number of hydrogen-bond acceptors (Lipinski definition) is 4. The zero-order chi connectivity index (χ0) is 19.4. The van der Waals surface area contributed by atoms with Crippen LogP contribution in [0.25, 0.3) is 0 Å². The summed E-state index contributed by atoms with van der Waals surface area (Å²) in [4.78, 5) is 43.0. The van der Waals surface area contributed by atoms with E-state index in [1.807, 2.05) is 6.07 Å². The smallest absolute Gasteiger partial charge is 0.239 e. The number of imide groups is 1. The Hall–Kier alpha value is -2.86. The third kappa shape index (κ3) is 2.37. The molecule has 0 aliphatic carbocycles. The molecule has 0 aromatic heterocycles. The van der Waals surface area contributed by atoms with Crippen LogP contribution in [-0.4, -0.2) is 41.1 Å². The normalized spacial score (nSPS) is 29.2. The predicted molar refractivity (Wildman–Crippen MR) is 100 cm³/mol. The van der Waals surface area contributed by atoms with E-state index in [1.54, 1.807) is 24.3 Å². The van der Waals surface area contributed by atoms with Gasteiger partial charge in [-0.05, 0) is 43.7 Å². The number of fused-ring (bicyclic) bond motifs is 3. The van der Waals surface area contributed by atoms with Crippen molar-refractivity contribution in [2.24, 2.45) is 11.8 Å².